The zero-order chi connectivity index (χ0) is 23.3. The lowest BCUT2D eigenvalue weighted by Crippen LogP contribution is -2.55. The van der Waals surface area contributed by atoms with Crippen LogP contribution in [0.5, 0.6) is 11.5 Å². The van der Waals surface area contributed by atoms with Gasteiger partial charge in [0.1, 0.15) is 11.5 Å². The third kappa shape index (κ3) is 5.50. The van der Waals surface area contributed by atoms with Crippen LogP contribution in [-0.2, 0) is 4.79 Å². The molecule has 2 heterocycles. The van der Waals surface area contributed by atoms with Crippen molar-refractivity contribution in [2.45, 2.75) is 24.6 Å². The van der Waals surface area contributed by atoms with Gasteiger partial charge < -0.3 is 24.6 Å². The van der Waals surface area contributed by atoms with Crippen LogP contribution in [0.25, 0.3) is 0 Å². The van der Waals surface area contributed by atoms with Crippen LogP contribution < -0.4 is 14.8 Å². The predicted octanol–water partition coefficient (Wildman–Crippen LogP) is 4.72. The molecule has 1 spiro atoms. The molecule has 33 heavy (non-hydrogen) atoms. The van der Waals surface area contributed by atoms with Crippen molar-refractivity contribution >= 4 is 41.0 Å². The van der Waals surface area contributed by atoms with Crippen LogP contribution >= 0.6 is 23.4 Å². The van der Waals surface area contributed by atoms with E-state index < -0.39 is 0 Å². The van der Waals surface area contributed by atoms with Crippen molar-refractivity contribution in [1.29, 1.82) is 0 Å². The van der Waals surface area contributed by atoms with E-state index in [1.54, 1.807) is 40.9 Å². The van der Waals surface area contributed by atoms with E-state index in [9.17, 15) is 9.59 Å². The molecule has 2 aliphatic heterocycles. The van der Waals surface area contributed by atoms with Crippen molar-refractivity contribution < 1.29 is 19.1 Å². The minimum absolute atomic E-state index is 0.0116. The lowest BCUT2D eigenvalue weighted by atomic mass is 10.0. The van der Waals surface area contributed by atoms with Gasteiger partial charge >= 0.3 is 6.03 Å². The molecule has 9 heteroatoms. The van der Waals surface area contributed by atoms with Crippen LogP contribution in [0.2, 0.25) is 5.02 Å². The summed E-state index contributed by atoms with van der Waals surface area (Å²) < 4.78 is 11.3. The van der Waals surface area contributed by atoms with E-state index in [0.29, 0.717) is 48.5 Å². The van der Waals surface area contributed by atoms with E-state index in [0.717, 1.165) is 18.6 Å². The second-order valence-electron chi connectivity index (χ2n) is 7.93. The summed E-state index contributed by atoms with van der Waals surface area (Å²) in [5.41, 5.74) is 0.663. The fourth-order valence-corrected chi connectivity index (χ4v) is 5.83. The van der Waals surface area contributed by atoms with Crippen molar-refractivity contribution in [3.63, 3.8) is 0 Å². The SMILES string of the molecule is CCOc1ccccc1NC(=O)N1CCC2(CC1)SCCN2C(=O)COc1ccc(Cl)cc1. The van der Waals surface area contributed by atoms with E-state index in [2.05, 4.69) is 5.32 Å². The maximum Gasteiger partial charge on any atom is 0.321 e. The summed E-state index contributed by atoms with van der Waals surface area (Å²) in [4.78, 5) is 29.3. The molecule has 0 aromatic heterocycles. The van der Waals surface area contributed by atoms with Crippen LogP contribution in [0, 0.1) is 0 Å². The number of amides is 3. The van der Waals surface area contributed by atoms with Gasteiger partial charge in [-0.3, -0.25) is 4.79 Å². The molecule has 3 amide bonds. The van der Waals surface area contributed by atoms with Crippen molar-refractivity contribution in [1.82, 2.24) is 9.80 Å². The zero-order valence-corrected chi connectivity index (χ0v) is 20.2. The van der Waals surface area contributed by atoms with Crippen molar-refractivity contribution in [2.75, 3.05) is 43.9 Å². The topological polar surface area (TPSA) is 71.1 Å². The van der Waals surface area contributed by atoms with E-state index in [1.165, 1.54) is 0 Å². The molecule has 2 saturated heterocycles. The zero-order valence-electron chi connectivity index (χ0n) is 18.6. The average molecular weight is 490 g/mol. The van der Waals surface area contributed by atoms with Crippen molar-refractivity contribution in [3.05, 3.63) is 53.6 Å². The Morgan fingerprint density at radius 1 is 1.06 bits per heavy atom. The molecule has 2 aromatic carbocycles. The van der Waals surface area contributed by atoms with E-state index in [1.807, 2.05) is 36.1 Å². The number of rotatable bonds is 6. The largest absolute Gasteiger partial charge is 0.492 e. The number of carbonyl (C=O) groups excluding carboxylic acids is 2. The molecule has 4 rings (SSSR count). The van der Waals surface area contributed by atoms with Gasteiger partial charge in [-0.25, -0.2) is 4.79 Å². The number of nitrogens with one attached hydrogen (secondary N) is 1. The number of para-hydroxylation sites is 2. The summed E-state index contributed by atoms with van der Waals surface area (Å²) in [5.74, 6) is 2.14. The van der Waals surface area contributed by atoms with Gasteiger partial charge in [0.15, 0.2) is 6.61 Å². The number of benzene rings is 2. The first-order chi connectivity index (χ1) is 16.0. The molecule has 2 aromatic rings. The fourth-order valence-electron chi connectivity index (χ4n) is 4.23. The van der Waals surface area contributed by atoms with Crippen molar-refractivity contribution in [3.8, 4) is 11.5 Å². The van der Waals surface area contributed by atoms with Gasteiger partial charge in [0.2, 0.25) is 0 Å². The van der Waals surface area contributed by atoms with Gasteiger partial charge in [0.25, 0.3) is 5.91 Å². The standard InChI is InChI=1S/C24H28ClN3O4S/c1-2-31-21-6-4-3-5-20(21)26-23(30)27-13-11-24(12-14-27)28(15-16-33-24)22(29)17-32-19-9-7-18(25)8-10-19/h3-10H,2,11-17H2,1H3,(H,26,30). The molecule has 1 N–H and O–H groups in total. The number of thioether (sulfide) groups is 1. The number of ether oxygens (including phenoxy) is 2. The maximum absolute atomic E-state index is 13.0. The van der Waals surface area contributed by atoms with Crippen LogP contribution in [0.3, 0.4) is 0 Å². The Bertz CT molecular complexity index is 980. The van der Waals surface area contributed by atoms with Gasteiger partial charge in [0.05, 0.1) is 17.2 Å². The number of halogens is 1. The van der Waals surface area contributed by atoms with Gasteiger partial charge in [-0.05, 0) is 56.2 Å². The predicted molar refractivity (Wildman–Crippen MR) is 131 cm³/mol. The summed E-state index contributed by atoms with van der Waals surface area (Å²) in [6, 6.07) is 14.3. The van der Waals surface area contributed by atoms with Crippen LogP contribution in [0.4, 0.5) is 10.5 Å². The highest BCUT2D eigenvalue weighted by Gasteiger charge is 2.47. The van der Waals surface area contributed by atoms with E-state index >= 15 is 0 Å². The molecule has 0 unspecified atom stereocenters. The number of hydrogen-bond acceptors (Lipinski definition) is 5. The number of urea groups is 1. The first-order valence-corrected chi connectivity index (χ1v) is 12.5. The van der Waals surface area contributed by atoms with E-state index in [-0.39, 0.29) is 23.4 Å². The Morgan fingerprint density at radius 3 is 2.52 bits per heavy atom. The lowest BCUT2D eigenvalue weighted by Gasteiger charge is -2.44. The molecule has 7 nitrogen and oxygen atoms in total. The molecule has 2 fully saturated rings. The quantitative estimate of drug-likeness (QED) is 0.636. The molecular formula is C24H28ClN3O4S. The molecule has 0 aliphatic carbocycles. The normalized spacial score (nSPS) is 17.2. The van der Waals surface area contributed by atoms with Crippen LogP contribution in [0.1, 0.15) is 19.8 Å². The number of anilines is 1. The summed E-state index contributed by atoms with van der Waals surface area (Å²) in [6.45, 7) is 4.29. The summed E-state index contributed by atoms with van der Waals surface area (Å²) in [7, 11) is 0. The number of piperidine rings is 1. The second-order valence-corrected chi connectivity index (χ2v) is 9.82. The highest BCUT2D eigenvalue weighted by atomic mass is 35.5. The monoisotopic (exact) mass is 489 g/mol. The molecular weight excluding hydrogens is 462 g/mol. The van der Waals surface area contributed by atoms with Crippen LogP contribution in [-0.4, -0.2) is 65.2 Å². The highest BCUT2D eigenvalue weighted by molar-refractivity contribution is 8.00. The Balaban J connectivity index is 1.33. The van der Waals surface area contributed by atoms with Crippen LogP contribution in [0.15, 0.2) is 48.5 Å². The highest BCUT2D eigenvalue weighted by Crippen LogP contribution is 2.44. The Morgan fingerprint density at radius 2 is 1.79 bits per heavy atom. The lowest BCUT2D eigenvalue weighted by molar-refractivity contribution is -0.136. The number of likely N-dealkylation sites (tertiary alicyclic amines) is 1. The Labute approximate surface area is 203 Å². The molecule has 0 atom stereocenters. The smallest absolute Gasteiger partial charge is 0.321 e. The van der Waals surface area contributed by atoms with E-state index in [4.69, 9.17) is 21.1 Å². The third-order valence-electron chi connectivity index (χ3n) is 5.91. The summed E-state index contributed by atoms with van der Waals surface area (Å²) in [5, 5.41) is 3.59. The first kappa shape index (κ1) is 23.6. The number of hydrogen-bond donors (Lipinski definition) is 1. The van der Waals surface area contributed by atoms with Gasteiger partial charge in [-0.15, -0.1) is 11.8 Å². The Hall–Kier alpha value is -2.58. The third-order valence-corrected chi connectivity index (χ3v) is 7.72. The number of nitrogens with zero attached hydrogens (tertiary/aromatic N) is 2. The summed E-state index contributed by atoms with van der Waals surface area (Å²) in [6.07, 6.45) is 1.45. The second kappa shape index (κ2) is 10.6. The molecule has 0 bridgehead atoms. The van der Waals surface area contributed by atoms with Gasteiger partial charge in [-0.1, -0.05) is 23.7 Å². The fraction of sp³-hybridized carbons (Fsp3) is 0.417. The molecule has 0 saturated carbocycles. The minimum Gasteiger partial charge on any atom is -0.492 e. The minimum atomic E-state index is -0.277. The van der Waals surface area contributed by atoms with Gasteiger partial charge in [-0.2, -0.15) is 0 Å². The van der Waals surface area contributed by atoms with Gasteiger partial charge in [0, 0.05) is 30.4 Å². The first-order valence-electron chi connectivity index (χ1n) is 11.1. The summed E-state index contributed by atoms with van der Waals surface area (Å²) >= 11 is 7.71. The van der Waals surface area contributed by atoms with Crippen molar-refractivity contribution in [2.24, 2.45) is 0 Å². The Kier molecular flexibility index (Phi) is 7.55. The maximum atomic E-state index is 13.0. The molecule has 0 radical (unpaired) electrons. The number of carbonyl (C=O) groups is 2. The average Bonchev–Trinajstić information content (AvgIpc) is 3.23. The molecule has 2 aliphatic rings. The molecule has 176 valence electrons.